The number of amides is 1. The van der Waals surface area contributed by atoms with Crippen LogP contribution in [0.1, 0.15) is 64.7 Å². The number of unbranched alkanes of at least 4 members (excludes halogenated alkanes) is 2. The molecule has 116 valence electrons. The monoisotopic (exact) mass is 280 g/mol. The quantitative estimate of drug-likeness (QED) is 0.697. The molecule has 0 aromatic heterocycles. The Hall–Kier alpha value is -0.570. The van der Waals surface area contributed by atoms with E-state index >= 15 is 0 Å². The van der Waals surface area contributed by atoms with Crippen LogP contribution in [0.4, 0.5) is 0 Å². The standard InChI is InChI=1S/C17H32N2O/c1-2-3-7-10-18-11-13-19(14-12-18)17(20)15-16-8-5-4-6-9-16/h16H,2-15H2,1H3. The average Bonchev–Trinajstić information content (AvgIpc) is 2.49. The third kappa shape index (κ3) is 5.08. The van der Waals surface area contributed by atoms with E-state index in [1.54, 1.807) is 0 Å². The number of carbonyl (C=O) groups is 1. The summed E-state index contributed by atoms with van der Waals surface area (Å²) in [6.45, 7) is 7.55. The fourth-order valence-corrected chi connectivity index (χ4v) is 3.57. The topological polar surface area (TPSA) is 23.6 Å². The highest BCUT2D eigenvalue weighted by Gasteiger charge is 2.24. The molecule has 2 fully saturated rings. The third-order valence-electron chi connectivity index (χ3n) is 4.99. The second-order valence-electron chi connectivity index (χ2n) is 6.64. The van der Waals surface area contributed by atoms with Gasteiger partial charge >= 0.3 is 0 Å². The normalized spacial score (nSPS) is 22.1. The van der Waals surface area contributed by atoms with Crippen LogP contribution in [0.2, 0.25) is 0 Å². The summed E-state index contributed by atoms with van der Waals surface area (Å²) in [7, 11) is 0. The smallest absolute Gasteiger partial charge is 0.222 e. The largest absolute Gasteiger partial charge is 0.340 e. The molecule has 3 heteroatoms. The van der Waals surface area contributed by atoms with Gasteiger partial charge in [-0.15, -0.1) is 0 Å². The molecule has 0 bridgehead atoms. The minimum atomic E-state index is 0.421. The number of carbonyl (C=O) groups excluding carboxylic acids is 1. The number of rotatable bonds is 6. The van der Waals surface area contributed by atoms with E-state index in [0.717, 1.165) is 32.6 Å². The second-order valence-corrected chi connectivity index (χ2v) is 6.64. The van der Waals surface area contributed by atoms with Gasteiger partial charge in [0.25, 0.3) is 0 Å². The van der Waals surface area contributed by atoms with E-state index in [1.165, 1.54) is 57.9 Å². The lowest BCUT2D eigenvalue weighted by molar-refractivity contribution is -0.134. The highest BCUT2D eigenvalue weighted by Crippen LogP contribution is 2.27. The molecule has 1 heterocycles. The Labute approximate surface area is 124 Å². The van der Waals surface area contributed by atoms with Crippen molar-refractivity contribution in [2.24, 2.45) is 5.92 Å². The van der Waals surface area contributed by atoms with Crippen LogP contribution < -0.4 is 0 Å². The molecule has 1 aliphatic carbocycles. The predicted octanol–water partition coefficient (Wildman–Crippen LogP) is 3.29. The van der Waals surface area contributed by atoms with Crippen molar-refractivity contribution in [1.82, 2.24) is 9.80 Å². The van der Waals surface area contributed by atoms with Crippen LogP contribution in [0.15, 0.2) is 0 Å². The fraction of sp³-hybridized carbons (Fsp3) is 0.941. The van der Waals surface area contributed by atoms with Crippen LogP contribution >= 0.6 is 0 Å². The van der Waals surface area contributed by atoms with Gasteiger partial charge in [-0.3, -0.25) is 9.69 Å². The molecule has 1 aliphatic heterocycles. The molecule has 1 saturated heterocycles. The first kappa shape index (κ1) is 15.8. The summed E-state index contributed by atoms with van der Waals surface area (Å²) in [5, 5.41) is 0. The molecule has 0 spiro atoms. The lowest BCUT2D eigenvalue weighted by Gasteiger charge is -2.35. The molecule has 20 heavy (non-hydrogen) atoms. The molecule has 1 amide bonds. The lowest BCUT2D eigenvalue weighted by atomic mass is 9.86. The van der Waals surface area contributed by atoms with Crippen LogP contribution in [0.5, 0.6) is 0 Å². The number of nitrogens with zero attached hydrogens (tertiary/aromatic N) is 2. The van der Waals surface area contributed by atoms with E-state index in [2.05, 4.69) is 16.7 Å². The Morgan fingerprint density at radius 3 is 2.35 bits per heavy atom. The lowest BCUT2D eigenvalue weighted by Crippen LogP contribution is -2.49. The minimum Gasteiger partial charge on any atom is -0.340 e. The van der Waals surface area contributed by atoms with Gasteiger partial charge in [0.2, 0.25) is 5.91 Å². The molecular formula is C17H32N2O. The van der Waals surface area contributed by atoms with Gasteiger partial charge in [-0.25, -0.2) is 0 Å². The van der Waals surface area contributed by atoms with E-state index in [9.17, 15) is 4.79 Å². The summed E-state index contributed by atoms with van der Waals surface area (Å²) in [5.41, 5.74) is 0. The van der Waals surface area contributed by atoms with Crippen LogP contribution in [0, 0.1) is 5.92 Å². The van der Waals surface area contributed by atoms with Gasteiger partial charge in [0, 0.05) is 32.6 Å². The van der Waals surface area contributed by atoms with Crippen LogP contribution in [-0.4, -0.2) is 48.4 Å². The SMILES string of the molecule is CCCCCN1CCN(C(=O)CC2CCCCC2)CC1. The van der Waals surface area contributed by atoms with Crippen LogP contribution in [-0.2, 0) is 4.79 Å². The van der Waals surface area contributed by atoms with Gasteiger partial charge < -0.3 is 4.90 Å². The maximum absolute atomic E-state index is 12.3. The van der Waals surface area contributed by atoms with Gasteiger partial charge in [0.05, 0.1) is 0 Å². The first-order valence-corrected chi connectivity index (χ1v) is 8.79. The summed E-state index contributed by atoms with van der Waals surface area (Å²) in [4.78, 5) is 17.0. The summed E-state index contributed by atoms with van der Waals surface area (Å²) in [5.74, 6) is 1.10. The van der Waals surface area contributed by atoms with Gasteiger partial charge in [-0.2, -0.15) is 0 Å². The zero-order chi connectivity index (χ0) is 14.2. The van der Waals surface area contributed by atoms with Crippen LogP contribution in [0.3, 0.4) is 0 Å². The maximum atomic E-state index is 12.3. The highest BCUT2D eigenvalue weighted by molar-refractivity contribution is 5.76. The van der Waals surface area contributed by atoms with E-state index in [4.69, 9.17) is 0 Å². The van der Waals surface area contributed by atoms with Crippen molar-refractivity contribution in [2.45, 2.75) is 64.7 Å². The van der Waals surface area contributed by atoms with E-state index < -0.39 is 0 Å². The van der Waals surface area contributed by atoms with E-state index in [0.29, 0.717) is 11.8 Å². The Balaban J connectivity index is 1.63. The Kier molecular flexibility index (Phi) is 6.85. The van der Waals surface area contributed by atoms with Gasteiger partial charge in [-0.1, -0.05) is 39.0 Å². The maximum Gasteiger partial charge on any atom is 0.222 e. The fourth-order valence-electron chi connectivity index (χ4n) is 3.57. The summed E-state index contributed by atoms with van der Waals surface area (Å²) < 4.78 is 0. The van der Waals surface area contributed by atoms with Crippen molar-refractivity contribution in [3.05, 3.63) is 0 Å². The molecule has 0 N–H and O–H groups in total. The molecule has 3 nitrogen and oxygen atoms in total. The molecule has 2 rings (SSSR count). The van der Waals surface area contributed by atoms with Crippen molar-refractivity contribution < 1.29 is 4.79 Å². The van der Waals surface area contributed by atoms with Crippen molar-refractivity contribution in [2.75, 3.05) is 32.7 Å². The Bertz CT molecular complexity index is 279. The minimum absolute atomic E-state index is 0.421. The second kappa shape index (κ2) is 8.66. The third-order valence-corrected chi connectivity index (χ3v) is 4.99. The predicted molar refractivity (Wildman–Crippen MR) is 83.7 cm³/mol. The van der Waals surface area contributed by atoms with Crippen molar-refractivity contribution in [3.63, 3.8) is 0 Å². The van der Waals surface area contributed by atoms with Gasteiger partial charge in [0.1, 0.15) is 0 Å². The van der Waals surface area contributed by atoms with E-state index in [1.807, 2.05) is 0 Å². The zero-order valence-corrected chi connectivity index (χ0v) is 13.3. The molecule has 0 unspecified atom stereocenters. The molecule has 0 aromatic rings. The van der Waals surface area contributed by atoms with Crippen LogP contribution in [0.25, 0.3) is 0 Å². The Morgan fingerprint density at radius 2 is 1.70 bits per heavy atom. The Morgan fingerprint density at radius 1 is 1.00 bits per heavy atom. The molecule has 2 aliphatic rings. The zero-order valence-electron chi connectivity index (χ0n) is 13.3. The van der Waals surface area contributed by atoms with Gasteiger partial charge in [-0.05, 0) is 31.7 Å². The number of hydrogen-bond donors (Lipinski definition) is 0. The molecule has 0 atom stereocenters. The first-order chi connectivity index (χ1) is 9.79. The number of piperazine rings is 1. The first-order valence-electron chi connectivity index (χ1n) is 8.79. The number of hydrogen-bond acceptors (Lipinski definition) is 2. The summed E-state index contributed by atoms with van der Waals surface area (Å²) in [6, 6.07) is 0. The molecule has 0 aromatic carbocycles. The van der Waals surface area contributed by atoms with Crippen molar-refractivity contribution in [1.29, 1.82) is 0 Å². The van der Waals surface area contributed by atoms with E-state index in [-0.39, 0.29) is 0 Å². The highest BCUT2D eigenvalue weighted by atomic mass is 16.2. The summed E-state index contributed by atoms with van der Waals surface area (Å²) in [6.07, 6.45) is 11.4. The van der Waals surface area contributed by atoms with Crippen molar-refractivity contribution >= 4 is 5.91 Å². The molecular weight excluding hydrogens is 248 g/mol. The van der Waals surface area contributed by atoms with Crippen molar-refractivity contribution in [3.8, 4) is 0 Å². The molecule has 0 radical (unpaired) electrons. The molecule has 1 saturated carbocycles. The average molecular weight is 280 g/mol. The summed E-state index contributed by atoms with van der Waals surface area (Å²) >= 11 is 0. The van der Waals surface area contributed by atoms with Gasteiger partial charge in [0.15, 0.2) is 0 Å².